The summed E-state index contributed by atoms with van der Waals surface area (Å²) in [5.74, 6) is 1.45. The third kappa shape index (κ3) is 3.02. The molecule has 1 fully saturated rings. The van der Waals surface area contributed by atoms with Crippen LogP contribution in [0.15, 0.2) is 29.3 Å². The maximum atomic E-state index is 12.9. The second-order valence-corrected chi connectivity index (χ2v) is 7.43. The van der Waals surface area contributed by atoms with Gasteiger partial charge in [-0.3, -0.25) is 4.79 Å². The lowest BCUT2D eigenvalue weighted by molar-refractivity contribution is -0.137. The van der Waals surface area contributed by atoms with Crippen LogP contribution in [0.4, 0.5) is 0 Å². The van der Waals surface area contributed by atoms with Crippen LogP contribution in [0, 0.1) is 0 Å². The summed E-state index contributed by atoms with van der Waals surface area (Å²) in [7, 11) is 0. The number of carbonyl (C=O) groups is 1. The van der Waals surface area contributed by atoms with Gasteiger partial charge in [-0.15, -0.1) is 0 Å². The molecule has 2 bridgehead atoms. The molecule has 1 unspecified atom stereocenters. The highest BCUT2D eigenvalue weighted by Gasteiger charge is 2.52. The molecule has 124 valence electrons. The average Bonchev–Trinajstić information content (AvgIpc) is 2.53. The smallest absolute Gasteiger partial charge is 0.205 e. The maximum absolute atomic E-state index is 12.9. The van der Waals surface area contributed by atoms with Crippen molar-refractivity contribution in [1.82, 2.24) is 0 Å². The molecule has 4 nitrogen and oxygen atoms in total. The summed E-state index contributed by atoms with van der Waals surface area (Å²) in [6, 6.07) is 7.17. The molecule has 3 rings (SSSR count). The van der Waals surface area contributed by atoms with Crippen molar-refractivity contribution in [2.24, 2.45) is 10.7 Å². The standard InChI is InChI=1S/C17H21ClN2O2S/c1-23-10-8-13(19)16-20-17(11-5-2-3-6-12(11)18)9-4-7-14(22-16)15(17)21/h2-3,5-6,13-14H,4,7-10,19H2,1H3/t13?,14-,17-/m0/s1. The molecule has 1 aromatic carbocycles. The van der Waals surface area contributed by atoms with E-state index in [-0.39, 0.29) is 11.8 Å². The van der Waals surface area contributed by atoms with E-state index in [1.807, 2.05) is 24.5 Å². The maximum Gasteiger partial charge on any atom is 0.205 e. The van der Waals surface area contributed by atoms with Gasteiger partial charge in [0.2, 0.25) is 11.7 Å². The van der Waals surface area contributed by atoms with Crippen LogP contribution in [-0.2, 0) is 15.1 Å². The summed E-state index contributed by atoms with van der Waals surface area (Å²) in [6.45, 7) is 0. The van der Waals surface area contributed by atoms with Gasteiger partial charge in [-0.05, 0) is 43.8 Å². The molecule has 2 N–H and O–H groups in total. The molecule has 1 aliphatic carbocycles. The van der Waals surface area contributed by atoms with E-state index in [0.29, 0.717) is 17.3 Å². The minimum absolute atomic E-state index is 0.0117. The lowest BCUT2D eigenvalue weighted by atomic mass is 9.73. The van der Waals surface area contributed by atoms with Crippen molar-refractivity contribution in [3.8, 4) is 0 Å². The van der Waals surface area contributed by atoms with E-state index in [9.17, 15) is 4.79 Å². The monoisotopic (exact) mass is 352 g/mol. The number of carbonyl (C=O) groups excluding carboxylic acids is 1. The van der Waals surface area contributed by atoms with Crippen molar-refractivity contribution in [2.45, 2.75) is 43.4 Å². The molecule has 0 aromatic heterocycles. The van der Waals surface area contributed by atoms with Gasteiger partial charge in [0.25, 0.3) is 0 Å². The Kier molecular flexibility index (Phi) is 4.99. The lowest BCUT2D eigenvalue weighted by Gasteiger charge is -2.42. The number of halogens is 1. The van der Waals surface area contributed by atoms with Crippen molar-refractivity contribution in [3.05, 3.63) is 34.9 Å². The molecule has 23 heavy (non-hydrogen) atoms. The highest BCUT2D eigenvalue weighted by molar-refractivity contribution is 7.98. The van der Waals surface area contributed by atoms with Gasteiger partial charge in [0.1, 0.15) is 0 Å². The topological polar surface area (TPSA) is 64.7 Å². The predicted molar refractivity (Wildman–Crippen MR) is 95.3 cm³/mol. The predicted octanol–water partition coefficient (Wildman–Crippen LogP) is 3.17. The summed E-state index contributed by atoms with van der Waals surface area (Å²) in [6.07, 6.45) is 4.64. The van der Waals surface area contributed by atoms with E-state index >= 15 is 0 Å². The Labute approximate surface area is 145 Å². The zero-order chi connectivity index (χ0) is 16.4. The molecule has 2 aliphatic rings. The molecular weight excluding hydrogens is 332 g/mol. The van der Waals surface area contributed by atoms with Crippen LogP contribution < -0.4 is 5.73 Å². The Balaban J connectivity index is 2.04. The molecule has 0 spiro atoms. The van der Waals surface area contributed by atoms with E-state index in [4.69, 9.17) is 27.1 Å². The number of fused-ring (bicyclic) bond motifs is 2. The van der Waals surface area contributed by atoms with Gasteiger partial charge < -0.3 is 10.5 Å². The van der Waals surface area contributed by atoms with E-state index < -0.39 is 11.6 Å². The number of ketones is 1. The summed E-state index contributed by atoms with van der Waals surface area (Å²) in [5.41, 5.74) is 6.09. The number of nitrogens with two attached hydrogens (primary N) is 1. The van der Waals surface area contributed by atoms with Crippen molar-refractivity contribution >= 4 is 35.0 Å². The number of aliphatic imine (C=N–C) groups is 1. The first-order valence-electron chi connectivity index (χ1n) is 7.89. The summed E-state index contributed by atoms with van der Waals surface area (Å²) < 4.78 is 5.84. The number of rotatable bonds is 5. The number of Topliss-reactive ketones (excluding diaryl/α,β-unsaturated/α-hetero) is 1. The average molecular weight is 353 g/mol. The molecule has 0 radical (unpaired) electrons. The number of benzene rings is 1. The van der Waals surface area contributed by atoms with Gasteiger partial charge >= 0.3 is 0 Å². The minimum atomic E-state index is -0.925. The Bertz CT molecular complexity index is 637. The lowest BCUT2D eigenvalue weighted by Crippen LogP contribution is -2.54. The van der Waals surface area contributed by atoms with E-state index in [1.54, 1.807) is 17.8 Å². The molecule has 3 atom stereocenters. The molecule has 1 saturated carbocycles. The van der Waals surface area contributed by atoms with Crippen LogP contribution in [-0.4, -0.2) is 35.8 Å². The number of hydrogen-bond donors (Lipinski definition) is 1. The Morgan fingerprint density at radius 3 is 3.04 bits per heavy atom. The molecule has 6 heteroatoms. The van der Waals surface area contributed by atoms with E-state index in [0.717, 1.165) is 30.6 Å². The number of ether oxygens (including phenoxy) is 1. The summed E-state index contributed by atoms with van der Waals surface area (Å²) in [5, 5.41) is 0.573. The molecule has 1 aliphatic heterocycles. The largest absolute Gasteiger partial charge is 0.468 e. The van der Waals surface area contributed by atoms with Crippen molar-refractivity contribution < 1.29 is 9.53 Å². The van der Waals surface area contributed by atoms with Crippen LogP contribution in [0.2, 0.25) is 5.02 Å². The molecule has 1 heterocycles. The summed E-state index contributed by atoms with van der Waals surface area (Å²) >= 11 is 8.11. The van der Waals surface area contributed by atoms with Gasteiger partial charge in [0, 0.05) is 10.6 Å². The molecule has 0 saturated heterocycles. The highest BCUT2D eigenvalue weighted by atomic mass is 35.5. The zero-order valence-corrected chi connectivity index (χ0v) is 14.7. The van der Waals surface area contributed by atoms with Crippen LogP contribution >= 0.6 is 23.4 Å². The first-order valence-corrected chi connectivity index (χ1v) is 9.66. The molecule has 1 aromatic rings. The second-order valence-electron chi connectivity index (χ2n) is 6.04. The van der Waals surface area contributed by atoms with Crippen LogP contribution in [0.5, 0.6) is 0 Å². The third-order valence-electron chi connectivity index (χ3n) is 4.54. The van der Waals surface area contributed by atoms with Gasteiger partial charge in [-0.2, -0.15) is 11.8 Å². The van der Waals surface area contributed by atoms with Crippen molar-refractivity contribution in [1.29, 1.82) is 0 Å². The van der Waals surface area contributed by atoms with Gasteiger partial charge in [-0.25, -0.2) is 4.99 Å². The number of thioether (sulfide) groups is 1. The SMILES string of the molecule is CSCCC(N)C1=N[C@]2(c3ccccc3Cl)CCC[C@H](O1)C2=O. The van der Waals surface area contributed by atoms with E-state index in [1.165, 1.54) is 0 Å². The minimum Gasteiger partial charge on any atom is -0.468 e. The zero-order valence-electron chi connectivity index (χ0n) is 13.1. The second kappa shape index (κ2) is 6.83. The van der Waals surface area contributed by atoms with E-state index in [2.05, 4.69) is 0 Å². The van der Waals surface area contributed by atoms with Crippen molar-refractivity contribution in [2.75, 3.05) is 12.0 Å². The fourth-order valence-electron chi connectivity index (χ4n) is 3.31. The molecular formula is C17H21ClN2O2S. The fraction of sp³-hybridized carbons (Fsp3) is 0.529. The number of hydrogen-bond acceptors (Lipinski definition) is 5. The quantitative estimate of drug-likeness (QED) is 0.884. The van der Waals surface area contributed by atoms with Gasteiger partial charge in [-0.1, -0.05) is 29.8 Å². The first kappa shape index (κ1) is 16.8. The van der Waals surface area contributed by atoms with Crippen LogP contribution in [0.1, 0.15) is 31.2 Å². The van der Waals surface area contributed by atoms with Crippen LogP contribution in [0.3, 0.4) is 0 Å². The van der Waals surface area contributed by atoms with Crippen LogP contribution in [0.25, 0.3) is 0 Å². The number of nitrogens with zero attached hydrogens (tertiary/aromatic N) is 1. The van der Waals surface area contributed by atoms with Gasteiger partial charge in [0.05, 0.1) is 6.04 Å². The molecule has 0 amide bonds. The normalized spacial score (nSPS) is 28.0. The summed E-state index contributed by atoms with van der Waals surface area (Å²) in [4.78, 5) is 17.7. The first-order chi connectivity index (χ1) is 11.1. The Morgan fingerprint density at radius 1 is 1.52 bits per heavy atom. The Morgan fingerprint density at radius 2 is 2.30 bits per heavy atom. The van der Waals surface area contributed by atoms with Crippen molar-refractivity contribution in [3.63, 3.8) is 0 Å². The van der Waals surface area contributed by atoms with Gasteiger partial charge in [0.15, 0.2) is 11.6 Å². The fourth-order valence-corrected chi connectivity index (χ4v) is 4.09. The highest BCUT2D eigenvalue weighted by Crippen LogP contribution is 2.44. The third-order valence-corrected chi connectivity index (χ3v) is 5.51. The Hall–Kier alpha value is -1.04.